The Morgan fingerprint density at radius 2 is 1.49 bits per heavy atom. The van der Waals surface area contributed by atoms with E-state index < -0.39 is 55.1 Å². The van der Waals surface area contributed by atoms with Gasteiger partial charge in [0, 0.05) is 34.8 Å². The van der Waals surface area contributed by atoms with Gasteiger partial charge in [-0.25, -0.2) is 23.3 Å². The quantitative estimate of drug-likeness (QED) is 0.0802. The maximum absolute atomic E-state index is 14.3. The minimum Gasteiger partial charge on any atom is -0.490 e. The highest BCUT2D eigenvalue weighted by molar-refractivity contribution is 7.91. The molecule has 1 heterocycles. The van der Waals surface area contributed by atoms with Gasteiger partial charge in [-0.2, -0.15) is 21.6 Å². The average Bonchev–Trinajstić information content (AvgIpc) is 3.15. The molecule has 346 valence electrons. The van der Waals surface area contributed by atoms with Crippen molar-refractivity contribution in [1.82, 2.24) is 10.3 Å². The molecule has 0 saturated heterocycles. The standard InChI is InChI=1S/C40H54N6O8S2.C2HF3O2/c1-11-53-33-23-27(13-17-32(33)54-25(3)4)35(37(47)43-24-28-22-30(45-56(41,51)52)15-18-34(28)55(49,50)12-2)44-29-14-16-31-26(21-29)19-20-42-36(31)46(40(8,9)10)38(48)39(5,6)7;3-2(4,5)1(6)7/h13-23,25,35,44-45H,11-12,24H2,1-10H3,(H,43,47)(H2,41,51,52);(H,6,7). The molecule has 4 aromatic rings. The number of nitrogens with zero attached hydrogens (tertiary/aromatic N) is 2. The molecular formula is C42H55F3N6O10S2. The Labute approximate surface area is 365 Å². The molecule has 0 aliphatic rings. The van der Waals surface area contributed by atoms with Gasteiger partial charge in [-0.15, -0.1) is 0 Å². The number of halogens is 3. The van der Waals surface area contributed by atoms with Crippen LogP contribution in [0.5, 0.6) is 11.5 Å². The molecule has 0 bridgehead atoms. The number of amides is 2. The van der Waals surface area contributed by atoms with Crippen molar-refractivity contribution in [2.75, 3.05) is 27.3 Å². The Morgan fingerprint density at radius 1 is 0.873 bits per heavy atom. The molecule has 0 fully saturated rings. The van der Waals surface area contributed by atoms with Crippen molar-refractivity contribution in [2.45, 2.75) is 105 Å². The topological polar surface area (TPSA) is 236 Å². The van der Waals surface area contributed by atoms with E-state index in [0.29, 0.717) is 35.2 Å². The van der Waals surface area contributed by atoms with Gasteiger partial charge in [-0.05, 0) is 113 Å². The number of hydrogen-bond donors (Lipinski definition) is 5. The second-order valence-corrected chi connectivity index (χ2v) is 19.9. The van der Waals surface area contributed by atoms with Gasteiger partial charge in [-0.1, -0.05) is 33.8 Å². The van der Waals surface area contributed by atoms with Crippen molar-refractivity contribution < 1.29 is 59.0 Å². The number of sulfone groups is 1. The highest BCUT2D eigenvalue weighted by Crippen LogP contribution is 2.37. The Morgan fingerprint density at radius 3 is 2.02 bits per heavy atom. The molecule has 4 rings (SSSR count). The number of carboxylic acids is 1. The molecule has 0 spiro atoms. The van der Waals surface area contributed by atoms with Crippen LogP contribution in [0.15, 0.2) is 71.8 Å². The van der Waals surface area contributed by atoms with Gasteiger partial charge in [0.05, 0.1) is 29.0 Å². The predicted molar refractivity (Wildman–Crippen MR) is 235 cm³/mol. The van der Waals surface area contributed by atoms with E-state index in [4.69, 9.17) is 24.5 Å². The third-order valence-electron chi connectivity index (χ3n) is 8.74. The largest absolute Gasteiger partial charge is 0.490 e. The number of benzene rings is 3. The van der Waals surface area contributed by atoms with Gasteiger partial charge < -0.3 is 25.2 Å². The van der Waals surface area contributed by atoms with Gasteiger partial charge in [0.25, 0.3) is 10.2 Å². The predicted octanol–water partition coefficient (Wildman–Crippen LogP) is 7.11. The highest BCUT2D eigenvalue weighted by atomic mass is 32.2. The summed E-state index contributed by atoms with van der Waals surface area (Å²) in [6.45, 7) is 18.6. The number of nitrogens with one attached hydrogen (secondary N) is 3. The number of carbonyl (C=O) groups excluding carboxylic acids is 2. The summed E-state index contributed by atoms with van der Waals surface area (Å²) in [7, 11) is -7.94. The monoisotopic (exact) mass is 924 g/mol. The van der Waals surface area contributed by atoms with Crippen LogP contribution < -0.4 is 34.9 Å². The number of rotatable bonds is 15. The zero-order chi connectivity index (χ0) is 47.9. The summed E-state index contributed by atoms with van der Waals surface area (Å²) in [6.07, 6.45) is -3.58. The first kappa shape index (κ1) is 51.7. The molecule has 0 saturated carbocycles. The highest BCUT2D eigenvalue weighted by Gasteiger charge is 2.38. The van der Waals surface area contributed by atoms with Crippen LogP contribution in [0.25, 0.3) is 10.8 Å². The fourth-order valence-corrected chi connectivity index (χ4v) is 7.54. The summed E-state index contributed by atoms with van der Waals surface area (Å²) in [5.74, 6) is -2.15. The summed E-state index contributed by atoms with van der Waals surface area (Å²) in [5, 5.41) is 20.0. The van der Waals surface area contributed by atoms with Gasteiger partial charge in [0.2, 0.25) is 11.8 Å². The van der Waals surface area contributed by atoms with E-state index >= 15 is 0 Å². The summed E-state index contributed by atoms with van der Waals surface area (Å²) < 4.78 is 95.4. The number of aliphatic carboxylic acids is 1. The van der Waals surface area contributed by atoms with Gasteiger partial charge in [-0.3, -0.25) is 19.2 Å². The van der Waals surface area contributed by atoms with Crippen LogP contribution in [-0.2, 0) is 41.0 Å². The van der Waals surface area contributed by atoms with Crippen LogP contribution in [0.2, 0.25) is 0 Å². The number of alkyl halides is 3. The molecule has 1 atom stereocenters. The van der Waals surface area contributed by atoms with Crippen molar-refractivity contribution in [3.63, 3.8) is 0 Å². The van der Waals surface area contributed by atoms with Crippen molar-refractivity contribution in [1.29, 1.82) is 0 Å². The smallest absolute Gasteiger partial charge is 0.490 e. The lowest BCUT2D eigenvalue weighted by Gasteiger charge is -2.39. The molecule has 0 aliphatic heterocycles. The van der Waals surface area contributed by atoms with E-state index in [1.54, 1.807) is 35.4 Å². The summed E-state index contributed by atoms with van der Waals surface area (Å²) >= 11 is 0. The minimum atomic E-state index is -5.08. The Kier molecular flexibility index (Phi) is 16.6. The Balaban J connectivity index is 0.00000139. The van der Waals surface area contributed by atoms with Gasteiger partial charge in [0.1, 0.15) is 11.9 Å². The number of ether oxygens (including phenoxy) is 2. The average molecular weight is 925 g/mol. The van der Waals surface area contributed by atoms with Crippen LogP contribution in [0, 0.1) is 5.41 Å². The summed E-state index contributed by atoms with van der Waals surface area (Å²) in [6, 6.07) is 15.3. The first-order chi connectivity index (χ1) is 28.9. The lowest BCUT2D eigenvalue weighted by molar-refractivity contribution is -0.192. The molecule has 2 amide bonds. The normalized spacial score (nSPS) is 12.7. The number of carboxylic acid groups (broad SMARTS) is 1. The number of pyridine rings is 1. The third kappa shape index (κ3) is 14.4. The third-order valence-corrected chi connectivity index (χ3v) is 11.1. The van der Waals surface area contributed by atoms with Crippen LogP contribution in [0.4, 0.5) is 30.4 Å². The summed E-state index contributed by atoms with van der Waals surface area (Å²) in [5.41, 5.74) is 0.00753. The van der Waals surface area contributed by atoms with E-state index in [-0.39, 0.29) is 40.5 Å². The second-order valence-electron chi connectivity index (χ2n) is 16.4. The van der Waals surface area contributed by atoms with Crippen molar-refractivity contribution in [3.05, 3.63) is 78.0 Å². The molecule has 63 heavy (non-hydrogen) atoms. The number of carbonyl (C=O) groups is 3. The molecule has 0 aliphatic carbocycles. The second kappa shape index (κ2) is 20.2. The van der Waals surface area contributed by atoms with E-state index in [1.165, 1.54) is 25.1 Å². The number of hydrogen-bond acceptors (Lipinski definition) is 11. The molecule has 0 radical (unpaired) electrons. The van der Waals surface area contributed by atoms with E-state index in [1.807, 2.05) is 80.5 Å². The molecular weight excluding hydrogens is 870 g/mol. The molecule has 6 N–H and O–H groups in total. The van der Waals surface area contributed by atoms with E-state index in [9.17, 15) is 39.6 Å². The molecule has 3 aromatic carbocycles. The molecule has 1 unspecified atom stereocenters. The first-order valence-corrected chi connectivity index (χ1v) is 22.8. The van der Waals surface area contributed by atoms with Crippen LogP contribution in [0.3, 0.4) is 0 Å². The van der Waals surface area contributed by atoms with Crippen LogP contribution in [-0.4, -0.2) is 74.9 Å². The van der Waals surface area contributed by atoms with Crippen molar-refractivity contribution in [2.24, 2.45) is 10.6 Å². The zero-order valence-corrected chi connectivity index (χ0v) is 38.3. The fraction of sp³-hybridized carbons (Fsp3) is 0.429. The van der Waals surface area contributed by atoms with Crippen molar-refractivity contribution >= 4 is 65.8 Å². The number of aromatic nitrogens is 1. The minimum absolute atomic E-state index is 0.0304. The fourth-order valence-electron chi connectivity index (χ4n) is 5.96. The lowest BCUT2D eigenvalue weighted by atomic mass is 9.91. The summed E-state index contributed by atoms with van der Waals surface area (Å²) in [4.78, 5) is 43.2. The Hall–Kier alpha value is -5.67. The number of nitrogens with two attached hydrogens (primary N) is 1. The van der Waals surface area contributed by atoms with Crippen LogP contribution in [0.1, 0.15) is 86.4 Å². The van der Waals surface area contributed by atoms with Gasteiger partial charge >= 0.3 is 12.1 Å². The molecule has 16 nitrogen and oxygen atoms in total. The SMILES string of the molecule is CCOc1cc(C(Nc2ccc3c(N(C(=O)C(C)(C)C)C(C)(C)C)nccc3c2)C(=O)NCc2cc(NS(N)(=O)=O)ccc2S(=O)(=O)CC)ccc1OC(C)C.O=C(O)C(F)(F)F. The maximum atomic E-state index is 14.3. The van der Waals surface area contributed by atoms with E-state index in [2.05, 4.69) is 20.3 Å². The zero-order valence-electron chi connectivity index (χ0n) is 36.7. The molecule has 1 aromatic heterocycles. The van der Waals surface area contributed by atoms with Gasteiger partial charge in [0.15, 0.2) is 21.3 Å². The lowest BCUT2D eigenvalue weighted by Crippen LogP contribution is -2.51. The Bertz CT molecular complexity index is 2520. The molecule has 21 heteroatoms. The van der Waals surface area contributed by atoms with E-state index in [0.717, 1.165) is 10.8 Å². The van der Waals surface area contributed by atoms with Crippen molar-refractivity contribution in [3.8, 4) is 11.5 Å². The number of fused-ring (bicyclic) bond motifs is 1. The van der Waals surface area contributed by atoms with Crippen LogP contribution >= 0.6 is 0 Å². The number of anilines is 3. The maximum Gasteiger partial charge on any atom is 0.490 e. The first-order valence-electron chi connectivity index (χ1n) is 19.6.